The Balaban J connectivity index is 3.63. The van der Waals surface area contributed by atoms with Gasteiger partial charge in [-0.1, -0.05) is 44.2 Å². The zero-order valence-electron chi connectivity index (χ0n) is 24.2. The van der Waals surface area contributed by atoms with Crippen LogP contribution in [0.2, 0.25) is 0 Å². The number of rotatable bonds is 12. The van der Waals surface area contributed by atoms with Crippen molar-refractivity contribution in [3.8, 4) is 0 Å². The molecule has 0 spiro atoms. The van der Waals surface area contributed by atoms with Crippen molar-refractivity contribution in [2.75, 3.05) is 0 Å². The molecule has 0 aliphatic heterocycles. The van der Waals surface area contributed by atoms with Crippen LogP contribution in [0.15, 0.2) is 30.8 Å². The van der Waals surface area contributed by atoms with Crippen LogP contribution >= 0.6 is 0 Å². The summed E-state index contributed by atoms with van der Waals surface area (Å²) in [4.78, 5) is 53.7. The second kappa shape index (κ2) is 14.0. The monoisotopic (exact) mass is 530 g/mol. The number of carbonyl (C=O) groups is 4. The molecule has 1 aromatic rings. The van der Waals surface area contributed by atoms with Crippen LogP contribution in [0, 0.1) is 0 Å². The van der Waals surface area contributed by atoms with Gasteiger partial charge in [-0.15, -0.1) is 0 Å². The number of benzene rings is 1. The van der Waals surface area contributed by atoms with E-state index < -0.39 is 41.1 Å². The Labute approximate surface area is 227 Å². The van der Waals surface area contributed by atoms with Crippen LogP contribution < -0.4 is 16.4 Å². The van der Waals surface area contributed by atoms with Gasteiger partial charge in [0.25, 0.3) is 0 Å². The van der Waals surface area contributed by atoms with Gasteiger partial charge in [0.1, 0.15) is 17.7 Å². The molecule has 0 aliphatic rings. The molecular formula is C29H46N4O5. The summed E-state index contributed by atoms with van der Waals surface area (Å²) in [7, 11) is 0. The minimum absolute atomic E-state index is 0.0483. The van der Waals surface area contributed by atoms with E-state index in [0.29, 0.717) is 5.56 Å². The summed E-state index contributed by atoms with van der Waals surface area (Å²) in [5.41, 5.74) is 5.11. The Morgan fingerprint density at radius 1 is 1.08 bits per heavy atom. The maximum absolute atomic E-state index is 14.2. The minimum atomic E-state index is -1.15. The molecule has 1 rings (SSSR count). The third-order valence-electron chi connectivity index (χ3n) is 5.71. The van der Waals surface area contributed by atoms with Gasteiger partial charge in [-0.2, -0.15) is 0 Å². The van der Waals surface area contributed by atoms with Crippen LogP contribution in [0.3, 0.4) is 0 Å². The van der Waals surface area contributed by atoms with Gasteiger partial charge in [-0.05, 0) is 78.5 Å². The van der Waals surface area contributed by atoms with Crippen LogP contribution in [0.1, 0.15) is 98.2 Å². The lowest BCUT2D eigenvalue weighted by atomic mass is 9.93. The summed E-state index contributed by atoms with van der Waals surface area (Å²) in [6, 6.07) is 4.98. The summed E-state index contributed by atoms with van der Waals surface area (Å²) in [6.07, 6.45) is 2.33. The highest BCUT2D eigenvalue weighted by Crippen LogP contribution is 2.31. The van der Waals surface area contributed by atoms with Crippen molar-refractivity contribution >= 4 is 29.9 Å². The number of amides is 4. The lowest BCUT2D eigenvalue weighted by molar-refractivity contribution is -0.149. The van der Waals surface area contributed by atoms with Crippen molar-refractivity contribution in [3.63, 3.8) is 0 Å². The molecule has 0 saturated heterocycles. The first-order valence-corrected chi connectivity index (χ1v) is 13.1. The Morgan fingerprint density at radius 3 is 2.21 bits per heavy atom. The zero-order chi connectivity index (χ0) is 29.3. The van der Waals surface area contributed by atoms with Gasteiger partial charge in [0.05, 0.1) is 0 Å². The fourth-order valence-electron chi connectivity index (χ4n) is 4.11. The first-order valence-electron chi connectivity index (χ1n) is 13.1. The Morgan fingerprint density at radius 2 is 1.71 bits per heavy atom. The van der Waals surface area contributed by atoms with E-state index in [2.05, 4.69) is 17.2 Å². The predicted molar refractivity (Wildman–Crippen MR) is 150 cm³/mol. The van der Waals surface area contributed by atoms with E-state index in [-0.39, 0.29) is 24.8 Å². The average molecular weight is 531 g/mol. The van der Waals surface area contributed by atoms with E-state index in [4.69, 9.17) is 10.5 Å². The highest BCUT2D eigenvalue weighted by atomic mass is 16.6. The fraction of sp³-hybridized carbons (Fsp3) is 0.586. The van der Waals surface area contributed by atoms with Gasteiger partial charge < -0.3 is 26.0 Å². The molecule has 0 aliphatic carbocycles. The maximum Gasteiger partial charge on any atom is 0.408 e. The van der Waals surface area contributed by atoms with Crippen LogP contribution in [-0.2, 0) is 19.1 Å². The van der Waals surface area contributed by atoms with Crippen LogP contribution in [0.25, 0.3) is 6.08 Å². The van der Waals surface area contributed by atoms with Crippen LogP contribution in [-0.4, -0.2) is 51.9 Å². The molecule has 38 heavy (non-hydrogen) atoms. The number of hydrogen-bond acceptors (Lipinski definition) is 5. The first kappa shape index (κ1) is 32.7. The molecule has 212 valence electrons. The smallest absolute Gasteiger partial charge is 0.408 e. The number of nitrogens with zero attached hydrogens (tertiary/aromatic N) is 1. The van der Waals surface area contributed by atoms with E-state index in [1.807, 2.05) is 46.8 Å². The molecule has 4 N–H and O–H groups in total. The number of carbonyl (C=O) groups excluding carboxylic acids is 4. The van der Waals surface area contributed by atoms with E-state index in [0.717, 1.165) is 18.4 Å². The largest absolute Gasteiger partial charge is 0.444 e. The normalized spacial score (nSPS) is 14.0. The summed E-state index contributed by atoms with van der Waals surface area (Å²) in [5.74, 6) is -1.49. The van der Waals surface area contributed by atoms with E-state index in [1.165, 1.54) is 4.90 Å². The number of nitrogens with one attached hydrogen (secondary N) is 2. The molecule has 9 heteroatoms. The molecule has 0 aromatic heterocycles. The quantitative estimate of drug-likeness (QED) is 0.367. The van der Waals surface area contributed by atoms with E-state index in [1.54, 1.807) is 39.0 Å². The van der Waals surface area contributed by atoms with Gasteiger partial charge in [0.15, 0.2) is 0 Å². The molecule has 3 unspecified atom stereocenters. The number of hydrogen-bond donors (Lipinski definition) is 3. The Bertz CT molecular complexity index is 993. The SMILES string of the molecule is C=Cc1cccc(C(C(=O)NC(C)CCC)N(C(=O)C(CCC(N)=O)NC(=O)OC(C)(C)C)C(C)(C)C)c1. The summed E-state index contributed by atoms with van der Waals surface area (Å²) < 4.78 is 5.37. The number of nitrogens with two attached hydrogens (primary N) is 1. The van der Waals surface area contributed by atoms with Crippen molar-refractivity contribution in [2.45, 2.75) is 110 Å². The molecule has 3 atom stereocenters. The van der Waals surface area contributed by atoms with Crippen molar-refractivity contribution < 1.29 is 23.9 Å². The number of ether oxygens (including phenoxy) is 1. The molecule has 0 bridgehead atoms. The average Bonchev–Trinajstić information content (AvgIpc) is 2.77. The standard InChI is InChI=1S/C29H46N4O5/c1-10-13-19(3)31-25(35)24(21-15-12-14-20(11-2)18-21)33(28(4,5)6)26(36)22(16-17-23(30)34)32-27(37)38-29(7,8)9/h11-12,14-15,18-19,22,24H,2,10,13,16-17H2,1,3-9H3,(H2,30,34)(H,31,35)(H,32,37). The highest BCUT2D eigenvalue weighted by Gasteiger charge is 2.42. The van der Waals surface area contributed by atoms with E-state index >= 15 is 0 Å². The first-order chi connectivity index (χ1) is 17.5. The molecule has 9 nitrogen and oxygen atoms in total. The Hall–Kier alpha value is -3.36. The third-order valence-corrected chi connectivity index (χ3v) is 5.71. The fourth-order valence-corrected chi connectivity index (χ4v) is 4.11. The van der Waals surface area contributed by atoms with Gasteiger partial charge in [0.2, 0.25) is 17.7 Å². The molecule has 0 heterocycles. The van der Waals surface area contributed by atoms with Crippen molar-refractivity contribution in [1.82, 2.24) is 15.5 Å². The number of primary amides is 1. The third kappa shape index (κ3) is 10.6. The van der Waals surface area contributed by atoms with Crippen molar-refractivity contribution in [1.29, 1.82) is 0 Å². The second-order valence-electron chi connectivity index (χ2n) is 11.6. The molecule has 4 amide bonds. The second-order valence-corrected chi connectivity index (χ2v) is 11.6. The number of alkyl carbamates (subject to hydrolysis) is 1. The molecule has 0 saturated carbocycles. The van der Waals surface area contributed by atoms with Crippen molar-refractivity contribution in [2.24, 2.45) is 5.73 Å². The van der Waals surface area contributed by atoms with Gasteiger partial charge in [-0.3, -0.25) is 14.4 Å². The van der Waals surface area contributed by atoms with Crippen LogP contribution in [0.4, 0.5) is 4.79 Å². The summed E-state index contributed by atoms with van der Waals surface area (Å²) in [5, 5.41) is 5.64. The Kier molecular flexibility index (Phi) is 12.0. The zero-order valence-corrected chi connectivity index (χ0v) is 24.2. The highest BCUT2D eigenvalue weighted by molar-refractivity contribution is 5.93. The minimum Gasteiger partial charge on any atom is -0.444 e. The van der Waals surface area contributed by atoms with Gasteiger partial charge in [-0.25, -0.2) is 4.79 Å². The topological polar surface area (TPSA) is 131 Å². The summed E-state index contributed by atoms with van der Waals surface area (Å²) >= 11 is 0. The van der Waals surface area contributed by atoms with E-state index in [9.17, 15) is 19.2 Å². The maximum atomic E-state index is 14.2. The van der Waals surface area contributed by atoms with Crippen LogP contribution in [0.5, 0.6) is 0 Å². The molecule has 0 radical (unpaired) electrons. The summed E-state index contributed by atoms with van der Waals surface area (Å²) in [6.45, 7) is 18.3. The molecular weight excluding hydrogens is 484 g/mol. The lowest BCUT2D eigenvalue weighted by Crippen LogP contribution is -2.59. The predicted octanol–water partition coefficient (Wildman–Crippen LogP) is 4.46. The lowest BCUT2D eigenvalue weighted by Gasteiger charge is -2.43. The van der Waals surface area contributed by atoms with Crippen molar-refractivity contribution in [3.05, 3.63) is 42.0 Å². The van der Waals surface area contributed by atoms with Gasteiger partial charge >= 0.3 is 6.09 Å². The molecule has 0 fully saturated rings. The molecule has 1 aromatic carbocycles. The van der Waals surface area contributed by atoms with Gasteiger partial charge in [0, 0.05) is 18.0 Å².